The molecule has 9 heteroatoms. The van der Waals surface area contributed by atoms with Gasteiger partial charge in [0, 0.05) is 42.3 Å². The van der Waals surface area contributed by atoms with Crippen molar-refractivity contribution >= 4 is 18.1 Å². The smallest absolute Gasteiger partial charge is 0.270 e. The summed E-state index contributed by atoms with van der Waals surface area (Å²) in [5, 5.41) is 13.0. The SMILES string of the molecule is CNC(O)[C@@H](C(=O)NOC1CCCCO1)N(C)C(=O)c1ccc(C#Cc2ccc(C=O)cc2)cc1. The van der Waals surface area contributed by atoms with E-state index in [9.17, 15) is 19.5 Å². The zero-order chi connectivity index (χ0) is 25.2. The summed E-state index contributed by atoms with van der Waals surface area (Å²) in [4.78, 5) is 43.0. The van der Waals surface area contributed by atoms with Gasteiger partial charge in [0.1, 0.15) is 12.5 Å². The average Bonchev–Trinajstić information content (AvgIpc) is 2.91. The van der Waals surface area contributed by atoms with Crippen LogP contribution in [0.3, 0.4) is 0 Å². The zero-order valence-electron chi connectivity index (χ0n) is 19.7. The van der Waals surface area contributed by atoms with E-state index in [2.05, 4.69) is 22.6 Å². The van der Waals surface area contributed by atoms with Crippen LogP contribution in [0.15, 0.2) is 48.5 Å². The summed E-state index contributed by atoms with van der Waals surface area (Å²) >= 11 is 0. The van der Waals surface area contributed by atoms with Crippen LogP contribution >= 0.6 is 0 Å². The fraction of sp³-hybridized carbons (Fsp3) is 0.346. The van der Waals surface area contributed by atoms with Crippen LogP contribution in [0.25, 0.3) is 0 Å². The highest BCUT2D eigenvalue weighted by Crippen LogP contribution is 2.14. The van der Waals surface area contributed by atoms with E-state index in [-0.39, 0.29) is 0 Å². The van der Waals surface area contributed by atoms with Crippen LogP contribution in [-0.4, -0.2) is 67.4 Å². The molecule has 184 valence electrons. The molecule has 3 N–H and O–H groups in total. The number of hydrogen-bond donors (Lipinski definition) is 3. The quantitative estimate of drug-likeness (QED) is 0.227. The van der Waals surface area contributed by atoms with Gasteiger partial charge >= 0.3 is 0 Å². The average molecular weight is 480 g/mol. The lowest BCUT2D eigenvalue weighted by Crippen LogP contribution is -2.58. The van der Waals surface area contributed by atoms with Crippen molar-refractivity contribution in [2.75, 3.05) is 20.7 Å². The van der Waals surface area contributed by atoms with E-state index in [1.165, 1.54) is 14.1 Å². The maximum absolute atomic E-state index is 13.0. The number of aliphatic hydroxyl groups is 1. The Hall–Kier alpha value is -3.55. The first-order valence-corrected chi connectivity index (χ1v) is 11.3. The number of benzene rings is 2. The minimum atomic E-state index is -1.32. The molecule has 1 heterocycles. The second-order valence-electron chi connectivity index (χ2n) is 8.04. The largest absolute Gasteiger partial charge is 0.376 e. The van der Waals surface area contributed by atoms with Crippen LogP contribution in [0.1, 0.15) is 51.1 Å². The van der Waals surface area contributed by atoms with Gasteiger partial charge in [0.2, 0.25) is 0 Å². The minimum Gasteiger partial charge on any atom is -0.376 e. The zero-order valence-corrected chi connectivity index (χ0v) is 19.7. The summed E-state index contributed by atoms with van der Waals surface area (Å²) in [5.41, 5.74) is 4.65. The predicted octanol–water partition coefficient (Wildman–Crippen LogP) is 1.45. The van der Waals surface area contributed by atoms with Gasteiger partial charge in [-0.05, 0) is 56.3 Å². The molecule has 0 aromatic heterocycles. The molecule has 2 aromatic rings. The van der Waals surface area contributed by atoms with Crippen molar-refractivity contribution in [3.05, 3.63) is 70.8 Å². The number of aldehydes is 1. The third kappa shape index (κ3) is 7.21. The Morgan fingerprint density at radius 2 is 1.74 bits per heavy atom. The number of rotatable bonds is 8. The van der Waals surface area contributed by atoms with E-state index in [4.69, 9.17) is 9.57 Å². The summed E-state index contributed by atoms with van der Waals surface area (Å²) in [7, 11) is 2.91. The van der Waals surface area contributed by atoms with Crippen molar-refractivity contribution in [2.24, 2.45) is 0 Å². The molecule has 0 aliphatic carbocycles. The topological polar surface area (TPSA) is 117 Å². The number of ether oxygens (including phenoxy) is 1. The number of carbonyl (C=O) groups excluding carboxylic acids is 3. The maximum atomic E-state index is 13.0. The highest BCUT2D eigenvalue weighted by Gasteiger charge is 2.34. The van der Waals surface area contributed by atoms with Gasteiger partial charge in [-0.1, -0.05) is 24.0 Å². The van der Waals surface area contributed by atoms with Crippen LogP contribution in [0.2, 0.25) is 0 Å². The first-order valence-electron chi connectivity index (χ1n) is 11.3. The predicted molar refractivity (Wildman–Crippen MR) is 128 cm³/mol. The van der Waals surface area contributed by atoms with Crippen molar-refractivity contribution in [2.45, 2.75) is 37.8 Å². The third-order valence-electron chi connectivity index (χ3n) is 5.56. The van der Waals surface area contributed by atoms with Gasteiger partial charge in [-0.15, -0.1) is 0 Å². The number of nitrogens with one attached hydrogen (secondary N) is 2. The highest BCUT2D eigenvalue weighted by atomic mass is 16.8. The first kappa shape index (κ1) is 26.1. The van der Waals surface area contributed by atoms with E-state index in [1.54, 1.807) is 48.5 Å². The fourth-order valence-corrected chi connectivity index (χ4v) is 3.49. The Bertz CT molecular complexity index is 1070. The minimum absolute atomic E-state index is 0.325. The van der Waals surface area contributed by atoms with Gasteiger partial charge in [-0.3, -0.25) is 19.7 Å². The van der Waals surface area contributed by atoms with Crippen molar-refractivity contribution in [3.8, 4) is 11.8 Å². The molecular weight excluding hydrogens is 450 g/mol. The molecule has 0 spiro atoms. The normalized spacial score (nSPS) is 16.8. The molecule has 1 aliphatic heterocycles. The summed E-state index contributed by atoms with van der Waals surface area (Å²) < 4.78 is 5.42. The van der Waals surface area contributed by atoms with E-state index in [0.717, 1.165) is 29.6 Å². The van der Waals surface area contributed by atoms with Crippen molar-refractivity contribution in [3.63, 3.8) is 0 Å². The van der Waals surface area contributed by atoms with E-state index < -0.39 is 30.4 Å². The number of likely N-dealkylation sites (N-methyl/N-ethyl adjacent to an activating group) is 2. The second-order valence-corrected chi connectivity index (χ2v) is 8.04. The molecular formula is C26H29N3O6. The van der Waals surface area contributed by atoms with Gasteiger partial charge < -0.3 is 14.7 Å². The Balaban J connectivity index is 1.66. The van der Waals surface area contributed by atoms with Crippen molar-refractivity contribution in [1.82, 2.24) is 15.7 Å². The molecule has 1 fully saturated rings. The molecule has 0 saturated carbocycles. The summed E-state index contributed by atoms with van der Waals surface area (Å²) in [6, 6.07) is 12.2. The third-order valence-corrected chi connectivity index (χ3v) is 5.56. The monoisotopic (exact) mass is 479 g/mol. The summed E-state index contributed by atoms with van der Waals surface area (Å²) in [5.74, 6) is 4.86. The van der Waals surface area contributed by atoms with Gasteiger partial charge in [-0.2, -0.15) is 0 Å². The Morgan fingerprint density at radius 3 is 2.29 bits per heavy atom. The Labute approximate surface area is 204 Å². The number of hydroxylamine groups is 1. The van der Waals surface area contributed by atoms with Crippen LogP contribution in [0.5, 0.6) is 0 Å². The van der Waals surface area contributed by atoms with Crippen LogP contribution in [0.4, 0.5) is 0 Å². The van der Waals surface area contributed by atoms with Crippen molar-refractivity contribution in [1.29, 1.82) is 0 Å². The molecule has 0 radical (unpaired) electrons. The molecule has 1 saturated heterocycles. The number of nitrogens with zero attached hydrogens (tertiary/aromatic N) is 1. The number of aliphatic hydroxyl groups excluding tert-OH is 1. The summed E-state index contributed by atoms with van der Waals surface area (Å²) in [6.45, 7) is 0.550. The maximum Gasteiger partial charge on any atom is 0.270 e. The number of carbonyl (C=O) groups is 3. The first-order chi connectivity index (χ1) is 16.9. The molecule has 2 aromatic carbocycles. The van der Waals surface area contributed by atoms with E-state index >= 15 is 0 Å². The Kier molecular flexibility index (Phi) is 9.52. The second kappa shape index (κ2) is 12.8. The molecule has 2 unspecified atom stereocenters. The molecule has 0 bridgehead atoms. The summed E-state index contributed by atoms with van der Waals surface area (Å²) in [6.07, 6.45) is 1.40. The standard InChI is InChI=1S/C26H29N3O6/c1-27-24(31)23(25(32)28-35-22-5-3-4-16-34-22)29(2)26(33)21-14-12-19(13-15-21)7-6-18-8-10-20(17-30)11-9-18/h8-15,17,22-24,27,31H,3-5,16H2,1-2H3,(H,28,32)/t22?,23-,24?/m0/s1. The lowest BCUT2D eigenvalue weighted by Gasteiger charge is -2.31. The van der Waals surface area contributed by atoms with Gasteiger partial charge in [0.15, 0.2) is 12.3 Å². The molecule has 3 rings (SSSR count). The van der Waals surface area contributed by atoms with Gasteiger partial charge in [-0.25, -0.2) is 10.3 Å². The van der Waals surface area contributed by atoms with Crippen LogP contribution in [-0.2, 0) is 14.4 Å². The number of amides is 2. The van der Waals surface area contributed by atoms with Crippen LogP contribution < -0.4 is 10.8 Å². The fourth-order valence-electron chi connectivity index (χ4n) is 3.49. The number of hydrogen-bond acceptors (Lipinski definition) is 7. The van der Waals surface area contributed by atoms with Gasteiger partial charge in [0.25, 0.3) is 11.8 Å². The molecule has 35 heavy (non-hydrogen) atoms. The molecule has 9 nitrogen and oxygen atoms in total. The van der Waals surface area contributed by atoms with Crippen molar-refractivity contribution < 1.29 is 29.1 Å². The van der Waals surface area contributed by atoms with E-state index in [0.29, 0.717) is 29.7 Å². The molecule has 1 aliphatic rings. The lowest BCUT2D eigenvalue weighted by molar-refractivity contribution is -0.203. The molecule has 2 amide bonds. The van der Waals surface area contributed by atoms with Crippen LogP contribution in [0, 0.1) is 11.8 Å². The lowest BCUT2D eigenvalue weighted by atomic mass is 10.1. The molecule has 3 atom stereocenters. The van der Waals surface area contributed by atoms with E-state index in [1.807, 2.05) is 0 Å². The Morgan fingerprint density at radius 1 is 1.11 bits per heavy atom. The highest BCUT2D eigenvalue weighted by molar-refractivity contribution is 5.97. The van der Waals surface area contributed by atoms with Gasteiger partial charge in [0.05, 0.1) is 0 Å².